The highest BCUT2D eigenvalue weighted by Crippen LogP contribution is 2.47. The highest BCUT2D eigenvalue weighted by molar-refractivity contribution is 7.93. The summed E-state index contributed by atoms with van der Waals surface area (Å²) in [4.78, 5) is 9.06. The van der Waals surface area contributed by atoms with Crippen molar-refractivity contribution in [3.05, 3.63) is 81.8 Å². The summed E-state index contributed by atoms with van der Waals surface area (Å²) in [6.45, 7) is 0. The molecule has 0 unspecified atom stereocenters. The average molecular weight is 517 g/mol. The Morgan fingerprint density at radius 2 is 1.67 bits per heavy atom. The minimum atomic E-state index is -3.67. The fraction of sp³-hybridized carbons (Fsp3) is 0.217. The van der Waals surface area contributed by atoms with E-state index >= 15 is 0 Å². The number of rotatable bonds is 7. The van der Waals surface area contributed by atoms with Gasteiger partial charge in [-0.1, -0.05) is 36.6 Å². The third kappa shape index (κ3) is 4.63. The van der Waals surface area contributed by atoms with Crippen LogP contribution in [0, 0.1) is 0 Å². The molecule has 5 rings (SSSR count). The van der Waals surface area contributed by atoms with Crippen LogP contribution >= 0.6 is 34.3 Å². The third-order valence-corrected chi connectivity index (χ3v) is 9.10. The smallest absolute Gasteiger partial charge is 0.263 e. The van der Waals surface area contributed by atoms with E-state index in [9.17, 15) is 8.42 Å². The predicted octanol–water partition coefficient (Wildman–Crippen LogP) is 6.66. The number of anilines is 3. The largest absolute Gasteiger partial charge is 0.332 e. The van der Waals surface area contributed by atoms with E-state index < -0.39 is 10.0 Å². The van der Waals surface area contributed by atoms with Gasteiger partial charge in [-0.25, -0.2) is 18.4 Å². The van der Waals surface area contributed by atoms with E-state index in [2.05, 4.69) is 32.5 Å². The summed E-state index contributed by atoms with van der Waals surface area (Å²) >= 11 is 8.90. The number of hydrogen-bond acceptors (Lipinski definition) is 7. The molecule has 1 fully saturated rings. The van der Waals surface area contributed by atoms with Gasteiger partial charge in [0.1, 0.15) is 0 Å². The van der Waals surface area contributed by atoms with Crippen LogP contribution in [0.25, 0.3) is 0 Å². The van der Waals surface area contributed by atoms with Crippen LogP contribution in [0.2, 0.25) is 5.02 Å². The normalized spacial score (nSPS) is 15.4. The third-order valence-electron chi connectivity index (χ3n) is 5.92. The molecule has 1 aliphatic carbocycles. The lowest BCUT2D eigenvalue weighted by atomic mass is 9.76. The minimum absolute atomic E-state index is 0.0829. The first-order chi connectivity index (χ1) is 15.9. The fourth-order valence-electron chi connectivity index (χ4n) is 4.28. The molecule has 0 spiro atoms. The van der Waals surface area contributed by atoms with Gasteiger partial charge in [0.15, 0.2) is 10.3 Å². The van der Waals surface area contributed by atoms with Crippen molar-refractivity contribution in [2.24, 2.45) is 0 Å². The first-order valence-electron chi connectivity index (χ1n) is 10.5. The molecule has 10 heteroatoms. The summed E-state index contributed by atoms with van der Waals surface area (Å²) in [7, 11) is -3.67. The molecule has 4 aromatic rings. The Hall–Kier alpha value is -2.46. The maximum Gasteiger partial charge on any atom is 0.263 e. The summed E-state index contributed by atoms with van der Waals surface area (Å²) in [6, 6.07) is 14.7. The molecule has 0 saturated heterocycles. The number of thiazole rings is 2. The zero-order chi connectivity index (χ0) is 22.9. The second kappa shape index (κ2) is 9.06. The van der Waals surface area contributed by atoms with E-state index in [1.54, 1.807) is 47.2 Å². The number of halogens is 1. The number of hydrogen-bond donors (Lipinski definition) is 2. The van der Waals surface area contributed by atoms with E-state index in [0.29, 0.717) is 5.13 Å². The van der Waals surface area contributed by atoms with Crippen LogP contribution in [-0.4, -0.2) is 18.4 Å². The van der Waals surface area contributed by atoms with Crippen LogP contribution in [0.3, 0.4) is 0 Å². The van der Waals surface area contributed by atoms with Crippen molar-refractivity contribution in [2.45, 2.75) is 36.0 Å². The molecule has 170 valence electrons. The van der Waals surface area contributed by atoms with Gasteiger partial charge in [0.25, 0.3) is 10.0 Å². The van der Waals surface area contributed by atoms with Crippen LogP contribution in [0.15, 0.2) is 70.4 Å². The number of sulfonamides is 1. The molecule has 2 heterocycles. The van der Waals surface area contributed by atoms with Gasteiger partial charge in [0.05, 0.1) is 10.6 Å². The number of aromatic nitrogens is 2. The molecule has 6 nitrogen and oxygen atoms in total. The van der Waals surface area contributed by atoms with Crippen molar-refractivity contribution in [3.8, 4) is 0 Å². The summed E-state index contributed by atoms with van der Waals surface area (Å²) in [5, 5.41) is 9.01. The average Bonchev–Trinajstić information content (AvgIpc) is 3.57. The van der Waals surface area contributed by atoms with Gasteiger partial charge < -0.3 is 5.32 Å². The lowest BCUT2D eigenvalue weighted by molar-refractivity contribution is 0.522. The van der Waals surface area contributed by atoms with Gasteiger partial charge in [-0.05, 0) is 54.8 Å². The molecule has 2 aromatic heterocycles. The first-order valence-corrected chi connectivity index (χ1v) is 14.1. The number of benzene rings is 2. The van der Waals surface area contributed by atoms with E-state index in [1.807, 2.05) is 12.1 Å². The Morgan fingerprint density at radius 3 is 2.33 bits per heavy atom. The Labute approximate surface area is 205 Å². The molecule has 0 amide bonds. The summed E-state index contributed by atoms with van der Waals surface area (Å²) < 4.78 is 27.5. The van der Waals surface area contributed by atoms with Crippen molar-refractivity contribution in [1.82, 2.24) is 9.97 Å². The molecule has 33 heavy (non-hydrogen) atoms. The molecule has 0 atom stereocenters. The van der Waals surface area contributed by atoms with Crippen LogP contribution in [0.4, 0.5) is 16.0 Å². The zero-order valence-electron chi connectivity index (χ0n) is 17.5. The topological polar surface area (TPSA) is 84.0 Å². The monoisotopic (exact) mass is 516 g/mol. The molecule has 0 aliphatic heterocycles. The maximum atomic E-state index is 12.5. The molecule has 2 N–H and O–H groups in total. The Bertz CT molecular complexity index is 1330. The van der Waals surface area contributed by atoms with Gasteiger partial charge >= 0.3 is 0 Å². The van der Waals surface area contributed by atoms with Gasteiger partial charge in [-0.3, -0.25) is 4.72 Å². The molecule has 0 radical (unpaired) electrons. The van der Waals surface area contributed by atoms with Crippen LogP contribution < -0.4 is 10.0 Å². The number of nitrogens with one attached hydrogen (secondary N) is 2. The van der Waals surface area contributed by atoms with Crippen molar-refractivity contribution >= 4 is 60.2 Å². The van der Waals surface area contributed by atoms with Gasteiger partial charge in [0.2, 0.25) is 0 Å². The molecule has 2 aromatic carbocycles. The number of nitrogens with zero attached hydrogens (tertiary/aromatic N) is 2. The van der Waals surface area contributed by atoms with E-state index in [1.165, 1.54) is 29.7 Å². The second-order valence-corrected chi connectivity index (χ2v) is 11.8. The predicted molar refractivity (Wildman–Crippen MR) is 135 cm³/mol. The van der Waals surface area contributed by atoms with Crippen molar-refractivity contribution in [1.29, 1.82) is 0 Å². The van der Waals surface area contributed by atoms with Gasteiger partial charge in [-0.15, -0.1) is 22.7 Å². The van der Waals surface area contributed by atoms with E-state index in [-0.39, 0.29) is 10.3 Å². The van der Waals surface area contributed by atoms with E-state index in [4.69, 9.17) is 16.6 Å². The molecule has 1 saturated carbocycles. The SMILES string of the molecule is O=S(=O)(Nc1nccs1)c1ccc(Nc2nc(C3(c4ccc(Cl)cc4)CCCC3)cs2)cc1. The van der Waals surface area contributed by atoms with E-state index in [0.717, 1.165) is 34.4 Å². The lowest BCUT2D eigenvalue weighted by Gasteiger charge is -2.28. The van der Waals surface area contributed by atoms with Gasteiger partial charge in [-0.2, -0.15) is 0 Å². The lowest BCUT2D eigenvalue weighted by Crippen LogP contribution is -2.24. The van der Waals surface area contributed by atoms with Gasteiger partial charge in [0, 0.05) is 33.1 Å². The standard InChI is InChI=1S/C23H21ClN4O2S3/c24-17-5-3-16(4-6-17)23(11-1-2-12-23)20-15-32-22(27-20)26-18-7-9-19(10-8-18)33(29,30)28-21-25-13-14-31-21/h3-10,13-15H,1-2,11-12H2,(H,25,28)(H,26,27). The fourth-order valence-corrected chi connectivity index (χ4v) is 7.02. The summed E-state index contributed by atoms with van der Waals surface area (Å²) in [6.07, 6.45) is 6.04. The first kappa shape index (κ1) is 22.3. The van der Waals surface area contributed by atoms with Crippen LogP contribution in [0.5, 0.6) is 0 Å². The molecular formula is C23H21ClN4O2S3. The van der Waals surface area contributed by atoms with Crippen LogP contribution in [0.1, 0.15) is 36.9 Å². The highest BCUT2D eigenvalue weighted by Gasteiger charge is 2.39. The Balaban J connectivity index is 1.34. The zero-order valence-corrected chi connectivity index (χ0v) is 20.7. The summed E-state index contributed by atoms with van der Waals surface area (Å²) in [5.41, 5.74) is 3.02. The Kier molecular flexibility index (Phi) is 6.13. The van der Waals surface area contributed by atoms with Crippen molar-refractivity contribution in [2.75, 3.05) is 10.0 Å². The Morgan fingerprint density at radius 1 is 0.939 bits per heavy atom. The summed E-state index contributed by atoms with van der Waals surface area (Å²) in [5.74, 6) is 0. The van der Waals surface area contributed by atoms with Crippen molar-refractivity contribution in [3.63, 3.8) is 0 Å². The highest BCUT2D eigenvalue weighted by atomic mass is 35.5. The molecule has 0 bridgehead atoms. The quantitative estimate of drug-likeness (QED) is 0.287. The minimum Gasteiger partial charge on any atom is -0.332 e. The molecule has 1 aliphatic rings. The maximum absolute atomic E-state index is 12.5. The second-order valence-electron chi connectivity index (χ2n) is 7.93. The molecular weight excluding hydrogens is 496 g/mol. The van der Waals surface area contributed by atoms with Crippen LogP contribution in [-0.2, 0) is 15.4 Å². The van der Waals surface area contributed by atoms with Crippen molar-refractivity contribution < 1.29 is 8.42 Å².